The van der Waals surface area contributed by atoms with Crippen molar-refractivity contribution in [2.24, 2.45) is 0 Å². The van der Waals surface area contributed by atoms with Crippen LogP contribution in [0.15, 0.2) is 22.8 Å². The Morgan fingerprint density at radius 1 is 1.43 bits per heavy atom. The van der Waals surface area contributed by atoms with Crippen LogP contribution in [0.4, 0.5) is 5.82 Å². The predicted molar refractivity (Wildman–Crippen MR) is 75.3 cm³/mol. The first-order valence-corrected chi connectivity index (χ1v) is 6.38. The van der Waals surface area contributed by atoms with Crippen LogP contribution in [0.2, 0.25) is 0 Å². The van der Waals surface area contributed by atoms with Crippen LogP contribution in [0.1, 0.15) is 22.6 Å². The van der Waals surface area contributed by atoms with Crippen LogP contribution in [0.3, 0.4) is 0 Å². The molecule has 0 atom stereocenters. The molecule has 2 heterocycles. The zero-order chi connectivity index (χ0) is 15.2. The number of nitriles is 1. The molecular weight excluding hydrogens is 270 g/mol. The van der Waals surface area contributed by atoms with Crippen LogP contribution >= 0.6 is 0 Å². The van der Waals surface area contributed by atoms with E-state index in [0.29, 0.717) is 29.4 Å². The normalized spacial score (nSPS) is 9.95. The summed E-state index contributed by atoms with van der Waals surface area (Å²) in [5, 5.41) is 22.5. The number of rotatable bonds is 5. The molecule has 0 saturated heterocycles. The highest BCUT2D eigenvalue weighted by atomic mass is 16.3. The third-order valence-electron chi connectivity index (χ3n) is 3.02. The van der Waals surface area contributed by atoms with E-state index in [1.54, 1.807) is 32.2 Å². The summed E-state index contributed by atoms with van der Waals surface area (Å²) in [4.78, 5) is 11.7. The van der Waals surface area contributed by atoms with Gasteiger partial charge < -0.3 is 15.1 Å². The SMILES string of the molecule is Cc1nnc(NCC(=O)NCc2ccco2)c(C#N)c1C. The molecule has 2 aromatic rings. The second kappa shape index (κ2) is 6.52. The van der Waals surface area contributed by atoms with E-state index in [1.165, 1.54) is 0 Å². The van der Waals surface area contributed by atoms with Crippen molar-refractivity contribution in [1.82, 2.24) is 15.5 Å². The minimum Gasteiger partial charge on any atom is -0.467 e. The van der Waals surface area contributed by atoms with Crippen molar-refractivity contribution in [3.05, 3.63) is 41.0 Å². The summed E-state index contributed by atoms with van der Waals surface area (Å²) in [5.74, 6) is 0.760. The number of furan rings is 1. The third kappa shape index (κ3) is 3.57. The van der Waals surface area contributed by atoms with E-state index in [2.05, 4.69) is 26.9 Å². The number of aromatic nitrogens is 2. The maximum absolute atomic E-state index is 11.7. The molecule has 0 spiro atoms. The largest absolute Gasteiger partial charge is 0.467 e. The Bertz CT molecular complexity index is 673. The summed E-state index contributed by atoms with van der Waals surface area (Å²) < 4.78 is 5.11. The first-order chi connectivity index (χ1) is 10.1. The summed E-state index contributed by atoms with van der Waals surface area (Å²) in [5.41, 5.74) is 1.85. The molecule has 21 heavy (non-hydrogen) atoms. The van der Waals surface area contributed by atoms with E-state index in [0.717, 1.165) is 5.56 Å². The lowest BCUT2D eigenvalue weighted by molar-refractivity contribution is -0.119. The minimum absolute atomic E-state index is 0.00652. The Morgan fingerprint density at radius 3 is 2.90 bits per heavy atom. The molecule has 0 unspecified atom stereocenters. The van der Waals surface area contributed by atoms with Crippen LogP contribution in [0.5, 0.6) is 0 Å². The Hall–Kier alpha value is -2.88. The van der Waals surface area contributed by atoms with Gasteiger partial charge in [-0.15, -0.1) is 5.10 Å². The number of nitrogens with one attached hydrogen (secondary N) is 2. The summed E-state index contributed by atoms with van der Waals surface area (Å²) in [6.45, 7) is 3.90. The molecule has 2 aromatic heterocycles. The van der Waals surface area contributed by atoms with Crippen molar-refractivity contribution in [2.45, 2.75) is 20.4 Å². The van der Waals surface area contributed by atoms with E-state index >= 15 is 0 Å². The molecule has 7 heteroatoms. The van der Waals surface area contributed by atoms with Gasteiger partial charge >= 0.3 is 0 Å². The fraction of sp³-hybridized carbons (Fsp3) is 0.286. The van der Waals surface area contributed by atoms with Gasteiger partial charge in [-0.2, -0.15) is 10.4 Å². The fourth-order valence-electron chi connectivity index (χ4n) is 1.69. The smallest absolute Gasteiger partial charge is 0.239 e. The molecule has 1 amide bonds. The van der Waals surface area contributed by atoms with Gasteiger partial charge in [0, 0.05) is 0 Å². The molecule has 2 rings (SSSR count). The molecular formula is C14H15N5O2. The zero-order valence-corrected chi connectivity index (χ0v) is 11.8. The first-order valence-electron chi connectivity index (χ1n) is 6.38. The molecule has 0 fully saturated rings. The maximum atomic E-state index is 11.7. The Kier molecular flexibility index (Phi) is 4.51. The Labute approximate surface area is 122 Å². The molecule has 0 bridgehead atoms. The summed E-state index contributed by atoms with van der Waals surface area (Å²) in [6, 6.07) is 5.60. The number of carbonyl (C=O) groups excluding carboxylic acids is 1. The highest BCUT2D eigenvalue weighted by molar-refractivity contribution is 5.80. The van der Waals surface area contributed by atoms with Crippen molar-refractivity contribution >= 4 is 11.7 Å². The lowest BCUT2D eigenvalue weighted by Gasteiger charge is -2.09. The summed E-state index contributed by atoms with van der Waals surface area (Å²) in [7, 11) is 0. The molecule has 7 nitrogen and oxygen atoms in total. The maximum Gasteiger partial charge on any atom is 0.239 e. The van der Waals surface area contributed by atoms with Crippen LogP contribution in [0, 0.1) is 25.2 Å². The van der Waals surface area contributed by atoms with E-state index in [9.17, 15) is 4.79 Å². The van der Waals surface area contributed by atoms with Crippen molar-refractivity contribution in [1.29, 1.82) is 5.26 Å². The first kappa shape index (κ1) is 14.5. The minimum atomic E-state index is -0.227. The van der Waals surface area contributed by atoms with Crippen molar-refractivity contribution in [3.63, 3.8) is 0 Å². The monoisotopic (exact) mass is 285 g/mol. The summed E-state index contributed by atoms with van der Waals surface area (Å²) in [6.07, 6.45) is 1.55. The van der Waals surface area contributed by atoms with E-state index < -0.39 is 0 Å². The highest BCUT2D eigenvalue weighted by Gasteiger charge is 2.11. The fourth-order valence-corrected chi connectivity index (χ4v) is 1.69. The Morgan fingerprint density at radius 2 is 2.24 bits per heavy atom. The quantitative estimate of drug-likeness (QED) is 0.857. The van der Waals surface area contributed by atoms with Gasteiger partial charge in [0.2, 0.25) is 5.91 Å². The van der Waals surface area contributed by atoms with E-state index in [1.807, 2.05) is 0 Å². The molecule has 0 aromatic carbocycles. The highest BCUT2D eigenvalue weighted by Crippen LogP contribution is 2.16. The lowest BCUT2D eigenvalue weighted by atomic mass is 10.1. The van der Waals surface area contributed by atoms with Crippen LogP contribution < -0.4 is 10.6 Å². The van der Waals surface area contributed by atoms with E-state index in [-0.39, 0.29) is 12.5 Å². The average Bonchev–Trinajstić information content (AvgIpc) is 2.99. The third-order valence-corrected chi connectivity index (χ3v) is 3.02. The lowest BCUT2D eigenvalue weighted by Crippen LogP contribution is -2.29. The van der Waals surface area contributed by atoms with Gasteiger partial charge in [-0.1, -0.05) is 0 Å². The standard InChI is InChI=1S/C14H15N5O2/c1-9-10(2)18-19-14(12(9)6-15)17-8-13(20)16-7-11-4-3-5-21-11/h3-5H,7-8H2,1-2H3,(H,16,20)(H,17,19). The number of anilines is 1. The molecule has 0 aliphatic carbocycles. The van der Waals surface area contributed by atoms with Gasteiger partial charge in [-0.3, -0.25) is 4.79 Å². The number of hydrogen-bond acceptors (Lipinski definition) is 6. The van der Waals surface area contributed by atoms with Crippen molar-refractivity contribution in [2.75, 3.05) is 11.9 Å². The molecule has 0 aliphatic heterocycles. The van der Waals surface area contributed by atoms with Crippen LogP contribution in [-0.4, -0.2) is 22.6 Å². The molecule has 0 saturated carbocycles. The number of aryl methyl sites for hydroxylation is 1. The van der Waals surface area contributed by atoms with Crippen LogP contribution in [0.25, 0.3) is 0 Å². The summed E-state index contributed by atoms with van der Waals surface area (Å²) >= 11 is 0. The number of amides is 1. The van der Waals surface area contributed by atoms with Crippen molar-refractivity contribution in [3.8, 4) is 6.07 Å². The van der Waals surface area contributed by atoms with E-state index in [4.69, 9.17) is 9.68 Å². The topological polar surface area (TPSA) is 104 Å². The molecule has 2 N–H and O–H groups in total. The van der Waals surface area contributed by atoms with Gasteiger partial charge in [-0.05, 0) is 31.5 Å². The second-order valence-electron chi connectivity index (χ2n) is 4.46. The van der Waals surface area contributed by atoms with Gasteiger partial charge in [0.15, 0.2) is 5.82 Å². The molecule has 0 radical (unpaired) electrons. The number of carbonyl (C=O) groups is 1. The van der Waals surface area contributed by atoms with Crippen LogP contribution in [-0.2, 0) is 11.3 Å². The average molecular weight is 285 g/mol. The Balaban J connectivity index is 1.92. The number of hydrogen-bond donors (Lipinski definition) is 2. The second-order valence-corrected chi connectivity index (χ2v) is 4.46. The molecule has 108 valence electrons. The van der Waals surface area contributed by atoms with Gasteiger partial charge in [-0.25, -0.2) is 0 Å². The molecule has 0 aliphatic rings. The number of nitrogens with zero attached hydrogens (tertiary/aromatic N) is 3. The van der Waals surface area contributed by atoms with Crippen molar-refractivity contribution < 1.29 is 9.21 Å². The zero-order valence-electron chi connectivity index (χ0n) is 11.8. The van der Waals surface area contributed by atoms with Gasteiger partial charge in [0.25, 0.3) is 0 Å². The van der Waals surface area contributed by atoms with Gasteiger partial charge in [0.1, 0.15) is 17.4 Å². The van der Waals surface area contributed by atoms with Gasteiger partial charge in [0.05, 0.1) is 25.0 Å². The predicted octanol–water partition coefficient (Wildman–Crippen LogP) is 1.29.